The quantitative estimate of drug-likeness (QED) is 0.00932. The SMILES string of the molecule is CC(=O)c1ccco1.CCOC(=O)C(=O)CC(=O)c1ccco1.CCOC(=O)C(=O)OCC.NNc1ccc(Br)nc1.O=C(O)c1cc(-c2ccco2)nn1-c1ccc(Br)cn1.O=COc1cc(-c2ccco2)n(-c2ccc(Br)cn2)n1. The summed E-state index contributed by atoms with van der Waals surface area (Å²) in [4.78, 5) is 98.7. The first kappa shape index (κ1) is 65.1. The number of carbonyl (C=O) groups is 8. The van der Waals surface area contributed by atoms with Gasteiger partial charge in [-0.05, 0) is 153 Å². The number of rotatable bonds is 16. The summed E-state index contributed by atoms with van der Waals surface area (Å²) in [5.41, 5.74) is 4.38. The second-order valence-electron chi connectivity index (χ2n) is 15.0. The van der Waals surface area contributed by atoms with E-state index in [1.54, 1.807) is 111 Å². The van der Waals surface area contributed by atoms with Gasteiger partial charge < -0.3 is 47.1 Å². The van der Waals surface area contributed by atoms with E-state index in [2.05, 4.69) is 92.6 Å². The third-order valence-electron chi connectivity index (χ3n) is 9.29. The van der Waals surface area contributed by atoms with Crippen LogP contribution in [0.2, 0.25) is 0 Å². The van der Waals surface area contributed by atoms with E-state index in [9.17, 15) is 43.5 Å². The minimum Gasteiger partial charge on any atom is -0.477 e. The zero-order chi connectivity index (χ0) is 60.0. The van der Waals surface area contributed by atoms with Gasteiger partial charge in [0.1, 0.15) is 16.0 Å². The van der Waals surface area contributed by atoms with Crippen molar-refractivity contribution in [3.63, 3.8) is 0 Å². The predicted molar refractivity (Wildman–Crippen MR) is 298 cm³/mol. The zero-order valence-corrected chi connectivity index (χ0v) is 48.3. The predicted octanol–water partition coefficient (Wildman–Crippen LogP) is 9.52. The molecule has 9 aromatic heterocycles. The van der Waals surface area contributed by atoms with E-state index in [4.69, 9.17) is 28.2 Å². The molecule has 0 saturated carbocycles. The smallest absolute Gasteiger partial charge is 0.417 e. The van der Waals surface area contributed by atoms with Gasteiger partial charge in [0.15, 0.2) is 46.2 Å². The van der Waals surface area contributed by atoms with Crippen LogP contribution < -0.4 is 16.0 Å². The molecule has 0 saturated heterocycles. The first-order valence-corrected chi connectivity index (χ1v) is 25.9. The van der Waals surface area contributed by atoms with Gasteiger partial charge in [0, 0.05) is 40.4 Å². The van der Waals surface area contributed by atoms with Crippen LogP contribution in [0.3, 0.4) is 0 Å². The average Bonchev–Trinajstić information content (AvgIpc) is 4.44. The van der Waals surface area contributed by atoms with Crippen molar-refractivity contribution in [1.29, 1.82) is 0 Å². The molecule has 0 bridgehead atoms. The number of aromatic carboxylic acids is 1. The van der Waals surface area contributed by atoms with Gasteiger partial charge in [0.25, 0.3) is 6.47 Å². The van der Waals surface area contributed by atoms with Crippen LogP contribution >= 0.6 is 47.8 Å². The van der Waals surface area contributed by atoms with Crippen LogP contribution in [0.5, 0.6) is 5.88 Å². The molecule has 9 aromatic rings. The Labute approximate surface area is 490 Å². The van der Waals surface area contributed by atoms with Crippen molar-refractivity contribution >= 4 is 101 Å². The summed E-state index contributed by atoms with van der Waals surface area (Å²) in [6.07, 6.45) is 10.2. The van der Waals surface area contributed by atoms with Gasteiger partial charge in [0.05, 0.1) is 63.2 Å². The van der Waals surface area contributed by atoms with Crippen molar-refractivity contribution in [1.82, 2.24) is 34.5 Å². The van der Waals surface area contributed by atoms with Gasteiger partial charge in [-0.25, -0.2) is 43.5 Å². The Balaban J connectivity index is 0.000000219. The van der Waals surface area contributed by atoms with E-state index in [-0.39, 0.29) is 42.9 Å². The standard InChI is InChI=1S/2C13H8BrN3O3.C10H10O5.C6H10O4.C6H6O2.C5H6BrN3/c14-9-3-4-12(15-7-9)17-10(11-2-1-5-19-11)6-13(16-17)20-8-18;14-8-3-4-12(15-7-8)17-10(13(18)19)6-9(16-17)11-2-1-5-20-11;1-2-14-10(13)8(12)6-7(11)9-4-3-5-15-9;1-3-9-5(7)6(8)10-4-2;1-5(7)6-3-2-4-8-6;6-5-2-1-4(9-7)3-8-5/h1-8H;1-7H,(H,18,19);3-5H,2,6H2,1H3;3-4H2,1-2H3;2-4H,1H3;1-3,9H,7H2. The second kappa shape index (κ2) is 34.5. The molecule has 0 radical (unpaired) electrons. The lowest BCUT2D eigenvalue weighted by Gasteiger charge is -2.03. The molecular formula is C53H48Br3N9O17. The number of nitrogens with two attached hydrogens (primary N) is 1. The number of hydrazine groups is 1. The second-order valence-corrected chi connectivity index (χ2v) is 17.6. The summed E-state index contributed by atoms with van der Waals surface area (Å²) in [5, 5.41) is 17.7. The number of ether oxygens (including phenoxy) is 4. The lowest BCUT2D eigenvalue weighted by atomic mass is 10.1. The molecule has 0 aromatic carbocycles. The third kappa shape index (κ3) is 21.3. The van der Waals surface area contributed by atoms with Crippen molar-refractivity contribution in [3.8, 4) is 40.4 Å². The molecule has 0 fully saturated rings. The Morgan fingerprint density at radius 3 is 1.61 bits per heavy atom. The van der Waals surface area contributed by atoms with E-state index in [0.717, 1.165) is 19.2 Å². The van der Waals surface area contributed by atoms with Gasteiger partial charge in [-0.2, -0.15) is 5.10 Å². The minimum atomic E-state index is -1.08. The highest BCUT2D eigenvalue weighted by atomic mass is 79.9. The molecule has 0 aliphatic carbocycles. The maximum atomic E-state index is 11.3. The van der Waals surface area contributed by atoms with Gasteiger partial charge in [-0.3, -0.25) is 25.0 Å². The first-order chi connectivity index (χ1) is 39.4. The molecule has 0 aliphatic rings. The fraction of sp³-hybridized carbons (Fsp3) is 0.151. The highest BCUT2D eigenvalue weighted by molar-refractivity contribution is 9.11. The Morgan fingerprint density at radius 2 is 1.17 bits per heavy atom. The zero-order valence-electron chi connectivity index (χ0n) is 43.5. The van der Waals surface area contributed by atoms with Crippen molar-refractivity contribution < 1.29 is 80.1 Å². The van der Waals surface area contributed by atoms with Crippen molar-refractivity contribution in [2.24, 2.45) is 5.84 Å². The number of anilines is 1. The van der Waals surface area contributed by atoms with Crippen molar-refractivity contribution in [2.75, 3.05) is 25.2 Å². The number of Topliss-reactive ketones (excluding diaryl/α,β-unsaturated/α-hetero) is 3. The fourth-order valence-electron chi connectivity index (χ4n) is 5.75. The number of carboxylic acids is 1. The topological polar surface area (TPSA) is 359 Å². The number of nitrogen functional groups attached to an aromatic ring is 1. The van der Waals surface area contributed by atoms with E-state index in [1.807, 2.05) is 18.2 Å². The Morgan fingerprint density at radius 1 is 0.634 bits per heavy atom. The van der Waals surface area contributed by atoms with Gasteiger partial charge in [-0.15, -0.1) is 5.10 Å². The fourth-order valence-corrected chi connectivity index (χ4v) is 6.46. The highest BCUT2D eigenvalue weighted by Gasteiger charge is 2.22. The summed E-state index contributed by atoms with van der Waals surface area (Å²) in [5.74, 6) is 2.51. The Bertz CT molecular complexity index is 3410. The summed E-state index contributed by atoms with van der Waals surface area (Å²) in [7, 11) is 0. The monoisotopic (exact) mass is 1320 g/mol. The number of nitrogens with one attached hydrogen (secondary N) is 1. The molecule has 26 nitrogen and oxygen atoms in total. The van der Waals surface area contributed by atoms with E-state index in [1.165, 1.54) is 48.6 Å². The molecule has 29 heteroatoms. The molecule has 4 N–H and O–H groups in total. The van der Waals surface area contributed by atoms with Crippen LogP contribution in [0.4, 0.5) is 5.69 Å². The first-order valence-electron chi connectivity index (χ1n) is 23.5. The van der Waals surface area contributed by atoms with Crippen molar-refractivity contribution in [3.05, 3.63) is 171 Å². The number of aromatic nitrogens is 7. The number of ketones is 3. The molecule has 0 atom stereocenters. The largest absolute Gasteiger partial charge is 0.477 e. The molecule has 82 heavy (non-hydrogen) atoms. The van der Waals surface area contributed by atoms with Gasteiger partial charge >= 0.3 is 23.9 Å². The number of carbonyl (C=O) groups excluding carboxylic acids is 7. The van der Waals surface area contributed by atoms with Crippen LogP contribution in [0.25, 0.3) is 34.5 Å². The number of halogens is 3. The number of hydrogen-bond acceptors (Lipinski definition) is 23. The van der Waals surface area contributed by atoms with Crippen LogP contribution in [0.15, 0.2) is 172 Å². The number of hydrogen-bond donors (Lipinski definition) is 3. The molecule has 0 aliphatic heterocycles. The average molecular weight is 1320 g/mol. The lowest BCUT2D eigenvalue weighted by molar-refractivity contribution is -0.167. The third-order valence-corrected chi connectivity index (χ3v) is 10.7. The van der Waals surface area contributed by atoms with Crippen LogP contribution in [-0.4, -0.2) is 107 Å². The molecular weight excluding hydrogens is 1270 g/mol. The lowest BCUT2D eigenvalue weighted by Crippen LogP contribution is -2.20. The van der Waals surface area contributed by atoms with Crippen molar-refractivity contribution in [2.45, 2.75) is 34.1 Å². The maximum absolute atomic E-state index is 11.3. The van der Waals surface area contributed by atoms with E-state index >= 15 is 0 Å². The number of nitrogens with zero attached hydrogens (tertiary/aromatic N) is 7. The molecule has 9 rings (SSSR count). The molecule has 428 valence electrons. The summed E-state index contributed by atoms with van der Waals surface area (Å²) in [6, 6.07) is 27.1. The summed E-state index contributed by atoms with van der Waals surface area (Å²) >= 11 is 9.80. The summed E-state index contributed by atoms with van der Waals surface area (Å²) < 4.78 is 43.3. The number of esters is 3. The van der Waals surface area contributed by atoms with E-state index < -0.39 is 41.9 Å². The van der Waals surface area contributed by atoms with Gasteiger partial charge in [-0.1, -0.05) is 0 Å². The normalized spacial score (nSPS) is 9.85. The highest BCUT2D eigenvalue weighted by Crippen LogP contribution is 2.27. The van der Waals surface area contributed by atoms with Crippen LogP contribution in [0, 0.1) is 0 Å². The number of carboxylic acid groups (broad SMARTS) is 1. The molecule has 0 unspecified atom stereocenters. The molecule has 0 spiro atoms. The number of pyridine rings is 3. The molecule has 0 amide bonds. The maximum Gasteiger partial charge on any atom is 0.417 e. The summed E-state index contributed by atoms with van der Waals surface area (Å²) in [6.45, 7) is 7.12. The van der Waals surface area contributed by atoms with Crippen LogP contribution in [0.1, 0.15) is 65.7 Å². The molecule has 9 heterocycles. The van der Waals surface area contributed by atoms with Gasteiger partial charge in [0.2, 0.25) is 17.4 Å². The Hall–Kier alpha value is -9.45. The number of furan rings is 4. The van der Waals surface area contributed by atoms with Crippen LogP contribution in [-0.2, 0) is 38.2 Å². The van der Waals surface area contributed by atoms with E-state index in [0.29, 0.717) is 46.8 Å². The Kier molecular flexibility index (Phi) is 27.4. The minimum absolute atomic E-state index is 0.0197.